The Kier molecular flexibility index (Phi) is 8.78. The van der Waals surface area contributed by atoms with Gasteiger partial charge in [0, 0.05) is 63.6 Å². The van der Waals surface area contributed by atoms with Gasteiger partial charge >= 0.3 is 0 Å². The molecule has 2 atom stereocenters. The van der Waals surface area contributed by atoms with Gasteiger partial charge in [-0.15, -0.1) is 0 Å². The molecule has 0 spiro atoms. The molecule has 0 saturated carbocycles. The summed E-state index contributed by atoms with van der Waals surface area (Å²) in [5, 5.41) is 8.49. The number of benzene rings is 2. The van der Waals surface area contributed by atoms with Crippen LogP contribution in [0.25, 0.3) is 33.8 Å². The van der Waals surface area contributed by atoms with Crippen molar-refractivity contribution in [1.29, 1.82) is 0 Å². The predicted octanol–water partition coefficient (Wildman–Crippen LogP) is 5.18. The number of likely N-dealkylation sites (N-methyl/N-ethyl adjacent to an activating group) is 2. The van der Waals surface area contributed by atoms with E-state index in [-0.39, 0.29) is 42.5 Å². The molecule has 2 aliphatic heterocycles. The van der Waals surface area contributed by atoms with Gasteiger partial charge in [-0.05, 0) is 74.0 Å². The molecule has 48 heavy (non-hydrogen) atoms. The number of fused-ring (bicyclic) bond motifs is 3. The zero-order valence-corrected chi connectivity index (χ0v) is 28.2. The fourth-order valence-corrected chi connectivity index (χ4v) is 7.50. The van der Waals surface area contributed by atoms with Crippen LogP contribution < -0.4 is 10.1 Å². The third kappa shape index (κ3) is 5.77. The van der Waals surface area contributed by atoms with E-state index in [1.807, 2.05) is 17.8 Å². The molecule has 0 radical (unpaired) electrons. The summed E-state index contributed by atoms with van der Waals surface area (Å²) in [6.45, 7) is 4.65. The molecule has 11 heteroatoms. The number of carbonyl (C=O) groups is 1. The van der Waals surface area contributed by atoms with Crippen molar-refractivity contribution >= 4 is 5.91 Å². The van der Waals surface area contributed by atoms with E-state index in [1.165, 1.54) is 6.07 Å². The zero-order chi connectivity index (χ0) is 33.7. The van der Waals surface area contributed by atoms with Crippen LogP contribution in [0.5, 0.6) is 5.75 Å². The van der Waals surface area contributed by atoms with E-state index < -0.39 is 11.6 Å². The van der Waals surface area contributed by atoms with Gasteiger partial charge in [-0.1, -0.05) is 12.1 Å². The molecule has 1 N–H and O–H groups in total. The second-order valence-corrected chi connectivity index (χ2v) is 13.3. The van der Waals surface area contributed by atoms with Crippen LogP contribution in [0.1, 0.15) is 47.3 Å². The number of methoxy groups -OCH3 is 1. The monoisotopic (exact) mass is 656 g/mol. The third-order valence-electron chi connectivity index (χ3n) is 9.92. The van der Waals surface area contributed by atoms with E-state index in [0.717, 1.165) is 71.1 Å². The fraction of sp³-hybridized carbons (Fsp3) is 0.432. The highest BCUT2D eigenvalue weighted by atomic mass is 19.1. The second kappa shape index (κ2) is 13.0. The van der Waals surface area contributed by atoms with Gasteiger partial charge in [0.1, 0.15) is 29.7 Å². The van der Waals surface area contributed by atoms with Crippen LogP contribution in [-0.4, -0.2) is 84.5 Å². The summed E-state index contributed by atoms with van der Waals surface area (Å²) in [6, 6.07) is 10.5. The van der Waals surface area contributed by atoms with Crippen molar-refractivity contribution in [3.05, 3.63) is 76.0 Å². The average molecular weight is 657 g/mol. The summed E-state index contributed by atoms with van der Waals surface area (Å²) in [4.78, 5) is 22.0. The van der Waals surface area contributed by atoms with E-state index in [0.29, 0.717) is 36.5 Å². The number of nitrogens with one attached hydrogen (secondary N) is 1. The second-order valence-electron chi connectivity index (χ2n) is 13.3. The Morgan fingerprint density at radius 3 is 2.62 bits per heavy atom. The molecule has 1 amide bonds. The van der Waals surface area contributed by atoms with Gasteiger partial charge in [0.15, 0.2) is 0 Å². The maximum absolute atomic E-state index is 16.1. The molecule has 3 aliphatic rings. The highest BCUT2D eigenvalue weighted by molar-refractivity contribution is 5.89. The smallest absolute Gasteiger partial charge is 0.239 e. The lowest BCUT2D eigenvalue weighted by Crippen LogP contribution is -2.48. The van der Waals surface area contributed by atoms with E-state index in [1.54, 1.807) is 26.1 Å². The van der Waals surface area contributed by atoms with Crippen molar-refractivity contribution in [3.63, 3.8) is 0 Å². The predicted molar refractivity (Wildman–Crippen MR) is 180 cm³/mol. The lowest BCUT2D eigenvalue weighted by molar-refractivity contribution is -0.134. The first kappa shape index (κ1) is 32.4. The normalized spacial score (nSPS) is 18.7. The van der Waals surface area contributed by atoms with Gasteiger partial charge in [-0.2, -0.15) is 5.10 Å². The van der Waals surface area contributed by atoms with E-state index in [4.69, 9.17) is 19.6 Å². The number of carbonyl (C=O) groups excluding carboxylic acids is 1. The maximum Gasteiger partial charge on any atom is 0.239 e. The minimum Gasteiger partial charge on any atom is -0.490 e. The van der Waals surface area contributed by atoms with E-state index in [9.17, 15) is 9.18 Å². The van der Waals surface area contributed by atoms with Gasteiger partial charge < -0.3 is 19.7 Å². The number of amides is 1. The zero-order valence-electron chi connectivity index (χ0n) is 28.2. The number of hydrogen-bond acceptors (Lipinski definition) is 7. The summed E-state index contributed by atoms with van der Waals surface area (Å²) < 4.78 is 43.9. The molecule has 1 aliphatic carbocycles. The SMILES string of the molecule is COCCOc1cc(F)cc(F)c1-c1c(-c2cc3n(n2)CCN[C@@H]3C)nc(-c2ccc3c(c2)CN(C)[C@@H](C(=O)N(C)C)C3)c2c1CCC2. The Balaban J connectivity index is 1.42. The Morgan fingerprint density at radius 2 is 1.85 bits per heavy atom. The molecular formula is C37H42F2N6O3. The molecule has 2 aromatic carbocycles. The highest BCUT2D eigenvalue weighted by Gasteiger charge is 2.33. The molecule has 9 nitrogen and oxygen atoms in total. The number of nitrogens with zero attached hydrogens (tertiary/aromatic N) is 5. The number of rotatable bonds is 8. The first-order chi connectivity index (χ1) is 23.1. The van der Waals surface area contributed by atoms with Crippen LogP contribution in [0, 0.1) is 11.6 Å². The number of hydrogen-bond donors (Lipinski definition) is 1. The maximum atomic E-state index is 16.1. The summed E-state index contributed by atoms with van der Waals surface area (Å²) in [5.41, 5.74) is 9.20. The molecule has 4 heterocycles. The minimum atomic E-state index is -0.711. The van der Waals surface area contributed by atoms with Crippen molar-refractivity contribution in [2.45, 2.75) is 57.8 Å². The number of pyridine rings is 1. The largest absolute Gasteiger partial charge is 0.490 e. The van der Waals surface area contributed by atoms with Crippen LogP contribution >= 0.6 is 0 Å². The summed E-state index contributed by atoms with van der Waals surface area (Å²) in [5.74, 6) is -1.20. The van der Waals surface area contributed by atoms with Crippen molar-refractivity contribution in [3.8, 4) is 39.5 Å². The molecular weight excluding hydrogens is 614 g/mol. The topological polar surface area (TPSA) is 84.7 Å². The molecule has 0 unspecified atom stereocenters. The van der Waals surface area contributed by atoms with Gasteiger partial charge in [0.2, 0.25) is 5.91 Å². The van der Waals surface area contributed by atoms with Crippen molar-refractivity contribution in [1.82, 2.24) is 29.9 Å². The Bertz CT molecular complexity index is 1890. The first-order valence-electron chi connectivity index (χ1n) is 16.7. The quantitative estimate of drug-likeness (QED) is 0.262. The summed E-state index contributed by atoms with van der Waals surface area (Å²) in [6.07, 6.45) is 3.02. The van der Waals surface area contributed by atoms with Crippen LogP contribution in [0.15, 0.2) is 36.4 Å². The van der Waals surface area contributed by atoms with Crippen molar-refractivity contribution < 1.29 is 23.0 Å². The molecule has 0 saturated heterocycles. The lowest BCUT2D eigenvalue weighted by Gasteiger charge is -2.34. The lowest BCUT2D eigenvalue weighted by atomic mass is 9.88. The number of ether oxygens (including phenoxy) is 2. The van der Waals surface area contributed by atoms with E-state index >= 15 is 4.39 Å². The number of halogens is 2. The van der Waals surface area contributed by atoms with Gasteiger partial charge in [-0.3, -0.25) is 14.4 Å². The van der Waals surface area contributed by atoms with Gasteiger partial charge in [0.25, 0.3) is 0 Å². The average Bonchev–Trinajstić information content (AvgIpc) is 3.72. The molecule has 0 fully saturated rings. The Labute approximate surface area is 279 Å². The Hall–Kier alpha value is -4.19. The van der Waals surface area contributed by atoms with Crippen LogP contribution in [0.2, 0.25) is 0 Å². The summed E-state index contributed by atoms with van der Waals surface area (Å²) in [7, 11) is 7.14. The Morgan fingerprint density at radius 1 is 1.04 bits per heavy atom. The summed E-state index contributed by atoms with van der Waals surface area (Å²) >= 11 is 0. The van der Waals surface area contributed by atoms with Crippen LogP contribution in [0.3, 0.4) is 0 Å². The van der Waals surface area contributed by atoms with Crippen molar-refractivity contribution in [2.24, 2.45) is 0 Å². The van der Waals surface area contributed by atoms with Gasteiger partial charge in [-0.25, -0.2) is 13.8 Å². The number of aromatic nitrogens is 3. The third-order valence-corrected chi connectivity index (χ3v) is 9.92. The van der Waals surface area contributed by atoms with Crippen LogP contribution in [-0.2, 0) is 41.9 Å². The van der Waals surface area contributed by atoms with Crippen LogP contribution in [0.4, 0.5) is 8.78 Å². The molecule has 2 aromatic heterocycles. The molecule has 0 bridgehead atoms. The first-order valence-corrected chi connectivity index (χ1v) is 16.7. The molecule has 252 valence electrons. The molecule has 7 rings (SSSR count). The standard InChI is InChI=1S/C37H42F2N6O3/c1-21-30-19-29(42-45(30)12-11-40-21)36-33(34-28(39)17-25(38)18-32(34)48-14-13-47-5)26-7-6-8-27(26)35(41-36)23-10-9-22-16-31(37(46)43(2)3)44(4)20-24(22)15-23/h9-10,15,17-19,21,31,40H,6-8,11-14,16,20H2,1-5H3/t21-,31-/m1/s1. The van der Waals surface area contributed by atoms with Gasteiger partial charge in [0.05, 0.1) is 41.8 Å². The fourth-order valence-electron chi connectivity index (χ4n) is 7.50. The minimum absolute atomic E-state index is 0.0914. The van der Waals surface area contributed by atoms with Crippen molar-refractivity contribution in [2.75, 3.05) is 48.0 Å². The highest BCUT2D eigenvalue weighted by Crippen LogP contribution is 2.47. The van der Waals surface area contributed by atoms with E-state index in [2.05, 4.69) is 35.3 Å². The molecule has 4 aromatic rings.